The number of pyridine rings is 1. The molecule has 3 aliphatic rings. The molecule has 0 atom stereocenters. The normalized spacial score (nSPS) is 22.7. The van der Waals surface area contributed by atoms with Crippen LogP contribution in [-0.2, 0) is 16.6 Å². The van der Waals surface area contributed by atoms with Crippen molar-refractivity contribution in [3.63, 3.8) is 0 Å². The lowest BCUT2D eigenvalue weighted by molar-refractivity contribution is -0.0126. The summed E-state index contributed by atoms with van der Waals surface area (Å²) < 4.78 is 7.33. The molecule has 0 amide bonds. The third-order valence-corrected chi connectivity index (χ3v) is 6.00. The molecule has 0 unspecified atom stereocenters. The van der Waals surface area contributed by atoms with Gasteiger partial charge in [-0.05, 0) is 38.5 Å². The van der Waals surface area contributed by atoms with Crippen molar-refractivity contribution in [1.29, 1.82) is 0 Å². The summed E-state index contributed by atoms with van der Waals surface area (Å²) in [6, 6.07) is 0.400. The maximum Gasteiger partial charge on any atom is 0.159 e. The third-order valence-electron chi connectivity index (χ3n) is 6.00. The Bertz CT molecular complexity index is 847. The first-order chi connectivity index (χ1) is 12.7. The number of oxime groups is 1. The lowest BCUT2D eigenvalue weighted by Gasteiger charge is -2.25. The summed E-state index contributed by atoms with van der Waals surface area (Å²) >= 11 is 0. The first-order valence-corrected chi connectivity index (χ1v) is 9.65. The average Bonchev–Trinajstić information content (AvgIpc) is 3.39. The zero-order valence-electron chi connectivity index (χ0n) is 15.2. The van der Waals surface area contributed by atoms with Gasteiger partial charge in [-0.2, -0.15) is 5.10 Å². The predicted octanol–water partition coefficient (Wildman–Crippen LogP) is 3.00. The van der Waals surface area contributed by atoms with Gasteiger partial charge in [0, 0.05) is 44.5 Å². The van der Waals surface area contributed by atoms with Crippen molar-refractivity contribution in [2.45, 2.75) is 56.6 Å². The summed E-state index contributed by atoms with van der Waals surface area (Å²) in [6.07, 6.45) is 11.4. The van der Waals surface area contributed by atoms with E-state index in [-0.39, 0.29) is 5.60 Å². The van der Waals surface area contributed by atoms with E-state index in [9.17, 15) is 0 Å². The van der Waals surface area contributed by atoms with E-state index < -0.39 is 0 Å². The first-order valence-electron chi connectivity index (χ1n) is 9.65. The summed E-state index contributed by atoms with van der Waals surface area (Å²) in [5.41, 5.74) is 3.97. The van der Waals surface area contributed by atoms with Gasteiger partial charge in [0.15, 0.2) is 5.65 Å². The zero-order valence-corrected chi connectivity index (χ0v) is 15.2. The van der Waals surface area contributed by atoms with Gasteiger partial charge in [-0.25, -0.2) is 4.98 Å². The van der Waals surface area contributed by atoms with Crippen molar-refractivity contribution < 1.29 is 9.57 Å². The van der Waals surface area contributed by atoms with Gasteiger partial charge < -0.3 is 14.9 Å². The number of anilines is 1. The maximum absolute atomic E-state index is 5.92. The van der Waals surface area contributed by atoms with Crippen LogP contribution in [0.5, 0.6) is 0 Å². The van der Waals surface area contributed by atoms with E-state index in [2.05, 4.69) is 20.6 Å². The Hall–Kier alpha value is -2.15. The van der Waals surface area contributed by atoms with E-state index in [1.165, 1.54) is 12.8 Å². The fourth-order valence-electron chi connectivity index (χ4n) is 4.47. The van der Waals surface area contributed by atoms with E-state index in [1.807, 2.05) is 24.1 Å². The fourth-order valence-corrected chi connectivity index (χ4v) is 4.47. The van der Waals surface area contributed by atoms with Crippen LogP contribution in [0.1, 0.15) is 50.5 Å². The molecule has 2 aromatic heterocycles. The summed E-state index contributed by atoms with van der Waals surface area (Å²) in [7, 11) is 1.93. The molecule has 1 saturated heterocycles. The molecule has 7 nitrogen and oxygen atoms in total. The Morgan fingerprint density at radius 3 is 2.81 bits per heavy atom. The SMILES string of the molecule is Cn1ncc2c(NC3CCOCC3)c(C3=NOC4(CCCC4)C3)cnc21. The van der Waals surface area contributed by atoms with Gasteiger partial charge in [-0.15, -0.1) is 0 Å². The minimum Gasteiger partial charge on any atom is -0.389 e. The molecule has 138 valence electrons. The second-order valence-corrected chi connectivity index (χ2v) is 7.78. The minimum atomic E-state index is -0.0742. The molecule has 2 aliphatic heterocycles. The van der Waals surface area contributed by atoms with E-state index in [0.29, 0.717) is 6.04 Å². The molecule has 5 rings (SSSR count). The molecule has 2 aromatic rings. The second-order valence-electron chi connectivity index (χ2n) is 7.78. The summed E-state index contributed by atoms with van der Waals surface area (Å²) in [5, 5.41) is 13.7. The van der Waals surface area contributed by atoms with Crippen LogP contribution in [0.15, 0.2) is 17.5 Å². The number of hydrogen-bond acceptors (Lipinski definition) is 6. The van der Waals surface area contributed by atoms with Gasteiger partial charge in [-0.1, -0.05) is 5.16 Å². The van der Waals surface area contributed by atoms with Crippen LogP contribution in [-0.4, -0.2) is 45.3 Å². The Morgan fingerprint density at radius 2 is 2.00 bits per heavy atom. The van der Waals surface area contributed by atoms with Crippen molar-refractivity contribution in [2.24, 2.45) is 12.2 Å². The number of rotatable bonds is 3. The Kier molecular flexibility index (Phi) is 3.85. The van der Waals surface area contributed by atoms with Crippen LogP contribution in [0.3, 0.4) is 0 Å². The summed E-state index contributed by atoms with van der Waals surface area (Å²) in [6.45, 7) is 1.61. The largest absolute Gasteiger partial charge is 0.389 e. The van der Waals surface area contributed by atoms with Crippen LogP contribution in [0.2, 0.25) is 0 Å². The van der Waals surface area contributed by atoms with Gasteiger partial charge in [0.2, 0.25) is 0 Å². The third kappa shape index (κ3) is 2.65. The smallest absolute Gasteiger partial charge is 0.159 e. The molecule has 1 N–H and O–H groups in total. The molecule has 4 heterocycles. The van der Waals surface area contributed by atoms with Crippen molar-refractivity contribution >= 4 is 22.4 Å². The highest BCUT2D eigenvalue weighted by atomic mass is 16.7. The topological polar surface area (TPSA) is 73.6 Å². The van der Waals surface area contributed by atoms with Crippen LogP contribution in [0.25, 0.3) is 11.0 Å². The minimum absolute atomic E-state index is 0.0742. The molecule has 26 heavy (non-hydrogen) atoms. The molecule has 1 aliphatic carbocycles. The Morgan fingerprint density at radius 1 is 1.19 bits per heavy atom. The summed E-state index contributed by atoms with van der Waals surface area (Å²) in [4.78, 5) is 10.6. The number of fused-ring (bicyclic) bond motifs is 1. The number of ether oxygens (including phenoxy) is 1. The van der Waals surface area contributed by atoms with Crippen LogP contribution < -0.4 is 5.32 Å². The number of aromatic nitrogens is 3. The average molecular weight is 355 g/mol. The quantitative estimate of drug-likeness (QED) is 0.916. The van der Waals surface area contributed by atoms with Gasteiger partial charge in [-0.3, -0.25) is 4.68 Å². The zero-order chi connectivity index (χ0) is 17.6. The van der Waals surface area contributed by atoms with Crippen molar-refractivity contribution in [3.05, 3.63) is 18.0 Å². The fraction of sp³-hybridized carbons (Fsp3) is 0.632. The van der Waals surface area contributed by atoms with Gasteiger partial charge in [0.25, 0.3) is 0 Å². The lowest BCUT2D eigenvalue weighted by Crippen LogP contribution is -2.29. The predicted molar refractivity (Wildman–Crippen MR) is 99.4 cm³/mol. The van der Waals surface area contributed by atoms with Gasteiger partial charge in [0.05, 0.1) is 23.0 Å². The second kappa shape index (κ2) is 6.23. The van der Waals surface area contributed by atoms with E-state index in [0.717, 1.165) is 73.3 Å². The molecule has 0 radical (unpaired) electrons. The Balaban J connectivity index is 1.53. The molecule has 0 bridgehead atoms. The van der Waals surface area contributed by atoms with Crippen LogP contribution >= 0.6 is 0 Å². The summed E-state index contributed by atoms with van der Waals surface area (Å²) in [5.74, 6) is 0. The van der Waals surface area contributed by atoms with E-state index in [4.69, 9.17) is 9.57 Å². The molecule has 1 spiro atoms. The molecular formula is C19H25N5O2. The van der Waals surface area contributed by atoms with E-state index >= 15 is 0 Å². The maximum atomic E-state index is 5.92. The highest BCUT2D eigenvalue weighted by Crippen LogP contribution is 2.42. The number of aryl methyl sites for hydroxylation is 1. The monoisotopic (exact) mass is 355 g/mol. The number of nitrogens with zero attached hydrogens (tertiary/aromatic N) is 4. The standard InChI is InChI=1S/C19H25N5O2/c1-24-18-15(12-21-24)17(22-13-4-8-25-9-5-13)14(11-20-18)16-10-19(26-23-16)6-2-3-7-19/h11-13H,2-10H2,1H3,(H,20,22). The van der Waals surface area contributed by atoms with Crippen LogP contribution in [0, 0.1) is 0 Å². The molecular weight excluding hydrogens is 330 g/mol. The van der Waals surface area contributed by atoms with Crippen molar-refractivity contribution in [1.82, 2.24) is 14.8 Å². The highest BCUT2D eigenvalue weighted by molar-refractivity contribution is 6.10. The molecule has 1 saturated carbocycles. The van der Waals surface area contributed by atoms with Gasteiger partial charge >= 0.3 is 0 Å². The Labute approximate surface area is 152 Å². The number of nitrogens with one attached hydrogen (secondary N) is 1. The molecule has 7 heteroatoms. The molecule has 0 aromatic carbocycles. The van der Waals surface area contributed by atoms with Crippen molar-refractivity contribution in [2.75, 3.05) is 18.5 Å². The number of hydrogen-bond donors (Lipinski definition) is 1. The highest BCUT2D eigenvalue weighted by Gasteiger charge is 2.42. The first kappa shape index (κ1) is 16.1. The van der Waals surface area contributed by atoms with E-state index in [1.54, 1.807) is 0 Å². The lowest BCUT2D eigenvalue weighted by atomic mass is 9.92. The van der Waals surface area contributed by atoms with Crippen molar-refractivity contribution in [3.8, 4) is 0 Å². The molecule has 2 fully saturated rings. The van der Waals surface area contributed by atoms with Crippen LogP contribution in [0.4, 0.5) is 5.69 Å². The van der Waals surface area contributed by atoms with Gasteiger partial charge in [0.1, 0.15) is 5.60 Å².